The van der Waals surface area contributed by atoms with Gasteiger partial charge in [0, 0.05) is 42.8 Å². The Morgan fingerprint density at radius 1 is 1.21 bits per heavy atom. The minimum Gasteiger partial charge on any atom is -0.494 e. The molecular weight excluding hydrogens is 359 g/mol. The average Bonchev–Trinajstić information content (AvgIpc) is 2.70. The van der Waals surface area contributed by atoms with Crippen molar-refractivity contribution in [2.24, 2.45) is 0 Å². The zero-order valence-electron chi connectivity index (χ0n) is 15.7. The number of hydrogen-bond acceptors (Lipinski definition) is 5. The molecule has 1 aliphatic heterocycles. The highest BCUT2D eigenvalue weighted by Crippen LogP contribution is 2.28. The Morgan fingerprint density at radius 3 is 2.89 bits per heavy atom. The quantitative estimate of drug-likeness (QED) is 0.733. The van der Waals surface area contributed by atoms with Crippen LogP contribution in [0.4, 0.5) is 4.39 Å². The van der Waals surface area contributed by atoms with Crippen molar-refractivity contribution < 1.29 is 19.0 Å². The number of piperidine rings is 1. The Balaban J connectivity index is 1.40. The topological polar surface area (TPSA) is 54.8 Å². The van der Waals surface area contributed by atoms with Gasteiger partial charge < -0.3 is 14.6 Å². The highest BCUT2D eigenvalue weighted by atomic mass is 19.1. The summed E-state index contributed by atoms with van der Waals surface area (Å²) in [6.07, 6.45) is 3.34. The van der Waals surface area contributed by atoms with Gasteiger partial charge in [-0.05, 0) is 36.2 Å². The summed E-state index contributed by atoms with van der Waals surface area (Å²) in [6, 6.07) is 12.7. The molecule has 0 unspecified atom stereocenters. The monoisotopic (exact) mass is 382 g/mol. The van der Waals surface area contributed by atoms with E-state index in [0.717, 1.165) is 28.6 Å². The molecule has 0 aliphatic carbocycles. The van der Waals surface area contributed by atoms with Gasteiger partial charge in [0.15, 0.2) is 11.6 Å². The molecule has 6 heteroatoms. The van der Waals surface area contributed by atoms with Gasteiger partial charge in [0.2, 0.25) is 0 Å². The maximum Gasteiger partial charge on any atom is 0.165 e. The predicted molar refractivity (Wildman–Crippen MR) is 105 cm³/mol. The number of rotatable bonds is 5. The van der Waals surface area contributed by atoms with Crippen LogP contribution in [0.3, 0.4) is 0 Å². The lowest BCUT2D eigenvalue weighted by atomic mass is 10.0. The first kappa shape index (κ1) is 18.7. The molecule has 5 nitrogen and oxygen atoms in total. The van der Waals surface area contributed by atoms with Crippen LogP contribution in [-0.4, -0.2) is 47.4 Å². The van der Waals surface area contributed by atoms with Gasteiger partial charge in [0.25, 0.3) is 0 Å². The van der Waals surface area contributed by atoms with Crippen molar-refractivity contribution >= 4 is 10.8 Å². The van der Waals surface area contributed by atoms with Crippen LogP contribution in [0, 0.1) is 5.82 Å². The first-order valence-electron chi connectivity index (χ1n) is 9.36. The van der Waals surface area contributed by atoms with Crippen LogP contribution < -0.4 is 9.47 Å². The van der Waals surface area contributed by atoms with E-state index in [0.29, 0.717) is 19.5 Å². The molecule has 2 heterocycles. The lowest BCUT2D eigenvalue weighted by molar-refractivity contribution is -0.0269. The van der Waals surface area contributed by atoms with E-state index in [2.05, 4.69) is 9.88 Å². The Hall–Kier alpha value is -2.70. The molecule has 4 rings (SSSR count). The van der Waals surface area contributed by atoms with Gasteiger partial charge >= 0.3 is 0 Å². The van der Waals surface area contributed by atoms with E-state index in [9.17, 15) is 9.50 Å². The molecule has 0 amide bonds. The zero-order valence-corrected chi connectivity index (χ0v) is 15.7. The third-order valence-corrected chi connectivity index (χ3v) is 5.15. The predicted octanol–water partition coefficient (Wildman–Crippen LogP) is 3.40. The molecule has 1 N–H and O–H groups in total. The second-order valence-electron chi connectivity index (χ2n) is 7.07. The Morgan fingerprint density at radius 2 is 2.11 bits per heavy atom. The van der Waals surface area contributed by atoms with Gasteiger partial charge in [-0.3, -0.25) is 9.88 Å². The van der Waals surface area contributed by atoms with E-state index in [1.807, 2.05) is 30.3 Å². The summed E-state index contributed by atoms with van der Waals surface area (Å²) in [4.78, 5) is 6.25. The van der Waals surface area contributed by atoms with Gasteiger partial charge in [-0.2, -0.15) is 0 Å². The van der Waals surface area contributed by atoms with E-state index in [1.54, 1.807) is 18.5 Å². The fraction of sp³-hybridized carbons (Fsp3) is 0.318. The second-order valence-corrected chi connectivity index (χ2v) is 7.07. The van der Waals surface area contributed by atoms with Crippen molar-refractivity contribution in [2.75, 3.05) is 20.2 Å². The van der Waals surface area contributed by atoms with Gasteiger partial charge in [-0.1, -0.05) is 18.2 Å². The molecule has 1 aromatic heterocycles. The van der Waals surface area contributed by atoms with Gasteiger partial charge in [-0.15, -0.1) is 0 Å². The van der Waals surface area contributed by atoms with Gasteiger partial charge in [0.1, 0.15) is 18.0 Å². The van der Waals surface area contributed by atoms with Crippen LogP contribution >= 0.6 is 0 Å². The molecule has 1 aliphatic rings. The fourth-order valence-corrected chi connectivity index (χ4v) is 3.68. The lowest BCUT2D eigenvalue weighted by Gasteiger charge is -2.36. The highest BCUT2D eigenvalue weighted by molar-refractivity contribution is 5.87. The van der Waals surface area contributed by atoms with E-state index >= 15 is 0 Å². The molecule has 1 fully saturated rings. The number of fused-ring (bicyclic) bond motifs is 1. The third kappa shape index (κ3) is 3.93. The number of aliphatic hydroxyl groups is 1. The highest BCUT2D eigenvalue weighted by Gasteiger charge is 2.29. The summed E-state index contributed by atoms with van der Waals surface area (Å²) in [5.41, 5.74) is 0.853. The number of β-amino-alcohol motifs (C(OH)–C–C–N with tert-alkyl or cyclic N) is 1. The van der Waals surface area contributed by atoms with Crippen molar-refractivity contribution in [1.82, 2.24) is 9.88 Å². The van der Waals surface area contributed by atoms with Crippen molar-refractivity contribution in [3.05, 3.63) is 66.2 Å². The molecule has 3 aromatic rings. The summed E-state index contributed by atoms with van der Waals surface area (Å²) in [5.74, 6) is 0.625. The van der Waals surface area contributed by atoms with Crippen LogP contribution in [0.25, 0.3) is 10.8 Å². The summed E-state index contributed by atoms with van der Waals surface area (Å²) in [6.45, 7) is 1.82. The molecule has 28 heavy (non-hydrogen) atoms. The van der Waals surface area contributed by atoms with Crippen molar-refractivity contribution in [1.29, 1.82) is 0 Å². The number of hydrogen-bond donors (Lipinski definition) is 1. The normalized spacial score (nSPS) is 20.2. The smallest absolute Gasteiger partial charge is 0.165 e. The Labute approximate surface area is 163 Å². The maximum atomic E-state index is 13.9. The molecule has 1 saturated heterocycles. The molecule has 2 atom stereocenters. The van der Waals surface area contributed by atoms with Crippen LogP contribution in [-0.2, 0) is 6.54 Å². The van der Waals surface area contributed by atoms with Crippen molar-refractivity contribution in [2.45, 2.75) is 25.2 Å². The van der Waals surface area contributed by atoms with Crippen molar-refractivity contribution in [3.8, 4) is 11.5 Å². The zero-order chi connectivity index (χ0) is 19.5. The third-order valence-electron chi connectivity index (χ3n) is 5.15. The number of methoxy groups -OCH3 is 1. The number of likely N-dealkylation sites (tertiary alicyclic amines) is 1. The number of aromatic nitrogens is 1. The van der Waals surface area contributed by atoms with Crippen LogP contribution in [0.2, 0.25) is 0 Å². The maximum absolute atomic E-state index is 13.9. The van der Waals surface area contributed by atoms with Crippen molar-refractivity contribution in [3.63, 3.8) is 0 Å². The van der Waals surface area contributed by atoms with Crippen LogP contribution in [0.15, 0.2) is 54.9 Å². The summed E-state index contributed by atoms with van der Waals surface area (Å²) < 4.78 is 25.0. The number of aliphatic hydroxyl groups excluding tert-OH is 1. The number of benzene rings is 2. The average molecular weight is 382 g/mol. The van der Waals surface area contributed by atoms with Gasteiger partial charge in [0.05, 0.1) is 7.11 Å². The molecule has 2 aromatic carbocycles. The molecule has 0 spiro atoms. The molecule has 0 bridgehead atoms. The number of pyridine rings is 1. The molecular formula is C22H23FN2O3. The van der Waals surface area contributed by atoms with Gasteiger partial charge in [-0.25, -0.2) is 4.39 Å². The first-order valence-corrected chi connectivity index (χ1v) is 9.36. The Kier molecular flexibility index (Phi) is 5.41. The number of halogens is 1. The number of nitrogens with zero attached hydrogens (tertiary/aromatic N) is 2. The molecule has 0 radical (unpaired) electrons. The SMILES string of the molecule is COc1ccc(CN2CC[C@@H](Oc3cccc4cnccc34)[C@H](O)C2)cc1F. The standard InChI is InChI=1S/C22H23FN2O3/c1-27-21-6-5-15(11-18(21)23)13-25-10-8-22(19(26)14-25)28-20-4-2-3-16-12-24-9-7-17(16)20/h2-7,9,11-12,19,22,26H,8,10,13-14H2,1H3/t19-,22-/m1/s1. The largest absolute Gasteiger partial charge is 0.494 e. The molecule has 0 saturated carbocycles. The minimum atomic E-state index is -0.617. The molecule has 146 valence electrons. The van der Waals surface area contributed by atoms with Crippen LogP contribution in [0.5, 0.6) is 11.5 Å². The first-order chi connectivity index (χ1) is 13.6. The Bertz CT molecular complexity index is 960. The van der Waals surface area contributed by atoms with E-state index in [4.69, 9.17) is 9.47 Å². The number of ether oxygens (including phenoxy) is 2. The van der Waals surface area contributed by atoms with E-state index in [-0.39, 0.29) is 17.7 Å². The van der Waals surface area contributed by atoms with Crippen LogP contribution in [0.1, 0.15) is 12.0 Å². The van der Waals surface area contributed by atoms with E-state index < -0.39 is 6.10 Å². The fourth-order valence-electron chi connectivity index (χ4n) is 3.68. The summed E-state index contributed by atoms with van der Waals surface area (Å²) >= 11 is 0. The summed E-state index contributed by atoms with van der Waals surface area (Å²) in [5, 5.41) is 12.6. The minimum absolute atomic E-state index is 0.237. The summed E-state index contributed by atoms with van der Waals surface area (Å²) in [7, 11) is 1.45. The lowest BCUT2D eigenvalue weighted by Crippen LogP contribution is -2.48. The van der Waals surface area contributed by atoms with E-state index in [1.165, 1.54) is 13.2 Å². The second kappa shape index (κ2) is 8.12.